The van der Waals surface area contributed by atoms with Crippen molar-refractivity contribution in [1.29, 1.82) is 0 Å². The van der Waals surface area contributed by atoms with Gasteiger partial charge in [-0.25, -0.2) is 20.3 Å². The molecule has 30 heavy (non-hydrogen) atoms. The fourth-order valence-electron chi connectivity index (χ4n) is 3.97. The minimum absolute atomic E-state index is 0.00413. The van der Waals surface area contributed by atoms with Crippen molar-refractivity contribution in [2.45, 2.75) is 43.4 Å². The van der Waals surface area contributed by atoms with Crippen LogP contribution in [-0.2, 0) is 24.3 Å². The Bertz CT molecular complexity index is 954. The predicted molar refractivity (Wildman–Crippen MR) is 92.7 cm³/mol. The van der Waals surface area contributed by atoms with Crippen molar-refractivity contribution in [2.24, 2.45) is 5.84 Å². The summed E-state index contributed by atoms with van der Waals surface area (Å²) < 4.78 is 36.6. The molecule has 3 fully saturated rings. The number of rotatable bonds is 5. The molecule has 0 spiro atoms. The summed E-state index contributed by atoms with van der Waals surface area (Å²) in [5.74, 6) is 4.31. The first-order valence-electron chi connectivity index (χ1n) is 9.01. The van der Waals surface area contributed by atoms with Crippen molar-refractivity contribution in [3.63, 3.8) is 0 Å². The fourth-order valence-corrected chi connectivity index (χ4v) is 4.36. The first-order valence-corrected chi connectivity index (χ1v) is 10.4. The number of amides is 4. The molecule has 0 saturated carbocycles. The number of hydrogen-bond donors (Lipinski definition) is 3. The Hall–Kier alpha value is -2.73. The number of nitrogens with two attached hydrogens (primary N) is 1. The van der Waals surface area contributed by atoms with Gasteiger partial charge in [0.25, 0.3) is 11.8 Å². The third kappa shape index (κ3) is 3.72. The Kier molecular flexibility index (Phi) is 5.14. The van der Waals surface area contributed by atoms with E-state index in [0.29, 0.717) is 23.0 Å². The first kappa shape index (κ1) is 20.5. The second-order valence-electron chi connectivity index (χ2n) is 7.20. The maximum Gasteiger partial charge on any atom is 0.418 e. The van der Waals surface area contributed by atoms with E-state index in [-0.39, 0.29) is 25.4 Å². The van der Waals surface area contributed by atoms with Crippen molar-refractivity contribution in [1.82, 2.24) is 40.5 Å². The van der Waals surface area contributed by atoms with Crippen LogP contribution in [0.1, 0.15) is 25.3 Å². The van der Waals surface area contributed by atoms with E-state index in [9.17, 15) is 22.8 Å². The van der Waals surface area contributed by atoms with Crippen LogP contribution in [-0.4, -0.2) is 97.2 Å². The third-order valence-corrected chi connectivity index (χ3v) is 5.75. The number of carbonyl (C=O) groups is 3. The molecule has 17 heteroatoms. The molecule has 4 heterocycles. The van der Waals surface area contributed by atoms with Gasteiger partial charge >= 0.3 is 16.4 Å². The van der Waals surface area contributed by atoms with Crippen LogP contribution in [0.15, 0.2) is 6.33 Å². The number of fused-ring (bicyclic) bond motifs is 2. The highest BCUT2D eigenvalue weighted by atomic mass is 32.3. The lowest BCUT2D eigenvalue weighted by Gasteiger charge is -2.31. The molecule has 1 aromatic rings. The fraction of sp³-hybridized carbons (Fsp3) is 0.692. The average Bonchev–Trinajstić information content (AvgIpc) is 3.43. The predicted octanol–water partition coefficient (Wildman–Crippen LogP) is -3.19. The normalized spacial score (nSPS) is 28.8. The second-order valence-corrected chi connectivity index (χ2v) is 8.20. The number of hydrazine groups is 1. The molecule has 164 valence electrons. The zero-order valence-corrected chi connectivity index (χ0v) is 16.3. The van der Waals surface area contributed by atoms with E-state index in [0.717, 1.165) is 4.90 Å². The Morgan fingerprint density at radius 3 is 2.73 bits per heavy atom. The molecule has 4 rings (SSSR count). The van der Waals surface area contributed by atoms with Crippen molar-refractivity contribution in [2.75, 3.05) is 13.1 Å². The molecular weight excluding hydrogens is 426 g/mol. The Morgan fingerprint density at radius 2 is 2.07 bits per heavy atom. The summed E-state index contributed by atoms with van der Waals surface area (Å²) >= 11 is 0. The molecule has 4 amide bonds. The van der Waals surface area contributed by atoms with E-state index in [2.05, 4.69) is 25.1 Å². The summed E-state index contributed by atoms with van der Waals surface area (Å²) in [6.45, 7) is 0.400. The maximum absolute atomic E-state index is 12.8. The molecule has 16 nitrogen and oxygen atoms in total. The number of piperidine rings is 1. The molecule has 2 bridgehead atoms. The Morgan fingerprint density at radius 1 is 1.30 bits per heavy atom. The highest BCUT2D eigenvalue weighted by molar-refractivity contribution is 7.80. The standard InChI is InChI=1S/C13H19N9O7S/c14-21(11(23)9-3-8(4-15-9)20-6-16-17-18-20)12(24)10-2-1-7-5-19(10)13(25)22(7)29-30(26,27)28/h6-10,15H,1-5,14H2,(H,26,27,28)/t7-,8+,9+,10+/m1/s1. The van der Waals surface area contributed by atoms with Crippen LogP contribution in [0.3, 0.4) is 0 Å². The first-order chi connectivity index (χ1) is 14.2. The summed E-state index contributed by atoms with van der Waals surface area (Å²) in [5.41, 5.74) is 0. The number of aromatic nitrogens is 4. The van der Waals surface area contributed by atoms with E-state index in [1.165, 1.54) is 11.0 Å². The monoisotopic (exact) mass is 445 g/mol. The smallest absolute Gasteiger partial charge is 0.309 e. The van der Waals surface area contributed by atoms with Crippen LogP contribution in [0.4, 0.5) is 4.79 Å². The molecular formula is C13H19N9O7S. The van der Waals surface area contributed by atoms with Gasteiger partial charge in [0.1, 0.15) is 12.4 Å². The number of hydrogen-bond acceptors (Lipinski definition) is 11. The molecule has 0 aliphatic carbocycles. The summed E-state index contributed by atoms with van der Waals surface area (Å²) in [6.07, 6.45) is 2.10. The van der Waals surface area contributed by atoms with Gasteiger partial charge in [0.2, 0.25) is 0 Å². The lowest BCUT2D eigenvalue weighted by molar-refractivity contribution is -0.149. The topological polar surface area (TPSA) is 206 Å². The number of tetrazole rings is 1. The lowest BCUT2D eigenvalue weighted by atomic mass is 10.00. The SMILES string of the molecule is NN(C(=O)[C@@H]1C[C@H](n2cnnn2)CN1)C(=O)[C@@H]1CC[C@@H]2CN1C(=O)N2OS(=O)(=O)O. The maximum atomic E-state index is 12.8. The zero-order chi connectivity index (χ0) is 21.6. The number of nitrogens with zero attached hydrogens (tertiary/aromatic N) is 7. The van der Waals surface area contributed by atoms with Gasteiger partial charge in [0.15, 0.2) is 0 Å². The highest BCUT2D eigenvalue weighted by Gasteiger charge is 2.50. The average molecular weight is 445 g/mol. The number of imide groups is 1. The number of nitrogens with one attached hydrogen (secondary N) is 1. The molecule has 0 unspecified atom stereocenters. The number of carbonyl (C=O) groups excluding carboxylic acids is 3. The molecule has 0 radical (unpaired) electrons. The highest BCUT2D eigenvalue weighted by Crippen LogP contribution is 2.31. The molecule has 3 aliphatic rings. The molecule has 3 saturated heterocycles. The molecule has 4 N–H and O–H groups in total. The van der Waals surface area contributed by atoms with Crippen molar-refractivity contribution >= 4 is 28.2 Å². The lowest BCUT2D eigenvalue weighted by Crippen LogP contribution is -2.58. The molecule has 3 aliphatic heterocycles. The quantitative estimate of drug-likeness (QED) is 0.135. The van der Waals surface area contributed by atoms with Crippen LogP contribution in [0.2, 0.25) is 0 Å². The van der Waals surface area contributed by atoms with E-state index in [4.69, 9.17) is 10.4 Å². The van der Waals surface area contributed by atoms with Gasteiger partial charge in [0, 0.05) is 13.1 Å². The summed E-state index contributed by atoms with van der Waals surface area (Å²) in [4.78, 5) is 39.0. The molecule has 0 aromatic carbocycles. The van der Waals surface area contributed by atoms with E-state index < -0.39 is 46.4 Å². The largest absolute Gasteiger partial charge is 0.418 e. The Balaban J connectivity index is 1.41. The van der Waals surface area contributed by atoms with E-state index in [1.54, 1.807) is 0 Å². The minimum Gasteiger partial charge on any atom is -0.309 e. The third-order valence-electron chi connectivity index (χ3n) is 5.40. The van der Waals surface area contributed by atoms with Crippen molar-refractivity contribution < 1.29 is 31.6 Å². The summed E-state index contributed by atoms with van der Waals surface area (Å²) in [6, 6.07) is -3.54. The van der Waals surface area contributed by atoms with Crippen molar-refractivity contribution in [3.05, 3.63) is 6.33 Å². The van der Waals surface area contributed by atoms with Crippen molar-refractivity contribution in [3.8, 4) is 0 Å². The van der Waals surface area contributed by atoms with Gasteiger partial charge in [-0.05, 0) is 29.7 Å². The van der Waals surface area contributed by atoms with Gasteiger partial charge in [-0.15, -0.1) is 9.38 Å². The van der Waals surface area contributed by atoms with Gasteiger partial charge in [0.05, 0.1) is 18.1 Å². The van der Waals surface area contributed by atoms with Crippen LogP contribution in [0.25, 0.3) is 0 Å². The van der Waals surface area contributed by atoms with Crippen LogP contribution in [0.5, 0.6) is 0 Å². The molecule has 1 aromatic heterocycles. The van der Waals surface area contributed by atoms with Crippen LogP contribution < -0.4 is 11.2 Å². The van der Waals surface area contributed by atoms with Crippen LogP contribution in [0, 0.1) is 0 Å². The zero-order valence-electron chi connectivity index (χ0n) is 15.4. The van der Waals surface area contributed by atoms with Gasteiger partial charge < -0.3 is 10.2 Å². The number of urea groups is 1. The molecule has 4 atom stereocenters. The van der Waals surface area contributed by atoms with E-state index in [1.807, 2.05) is 0 Å². The van der Waals surface area contributed by atoms with E-state index >= 15 is 0 Å². The van der Waals surface area contributed by atoms with Gasteiger partial charge in [-0.3, -0.25) is 14.1 Å². The second kappa shape index (κ2) is 7.51. The summed E-state index contributed by atoms with van der Waals surface area (Å²) in [5, 5.41) is 14.8. The van der Waals surface area contributed by atoms with Gasteiger partial charge in [-0.1, -0.05) is 0 Å². The minimum atomic E-state index is -4.90. The van der Waals surface area contributed by atoms with Crippen LogP contribution >= 0.6 is 0 Å². The van der Waals surface area contributed by atoms with Gasteiger partial charge in [-0.2, -0.15) is 13.5 Å². The summed E-state index contributed by atoms with van der Waals surface area (Å²) in [7, 11) is -4.90. The number of hydroxylamine groups is 2. The Labute approximate surface area is 169 Å².